The molecule has 1 aliphatic rings. The quantitative estimate of drug-likeness (QED) is 0.525. The molecule has 1 unspecified atom stereocenters. The highest BCUT2D eigenvalue weighted by atomic mass is 16.6. The van der Waals surface area contributed by atoms with Gasteiger partial charge in [0.25, 0.3) is 0 Å². The second-order valence-electron chi connectivity index (χ2n) is 9.30. The van der Waals surface area contributed by atoms with Gasteiger partial charge in [-0.2, -0.15) is 0 Å². The van der Waals surface area contributed by atoms with Crippen molar-refractivity contribution in [2.45, 2.75) is 64.5 Å². The van der Waals surface area contributed by atoms with Gasteiger partial charge in [-0.1, -0.05) is 48.5 Å². The van der Waals surface area contributed by atoms with Crippen LogP contribution in [0.4, 0.5) is 9.59 Å². The molecule has 0 saturated carbocycles. The summed E-state index contributed by atoms with van der Waals surface area (Å²) in [5, 5.41) is 5.66. The average molecular weight is 439 g/mol. The zero-order valence-electron chi connectivity index (χ0n) is 19.4. The van der Waals surface area contributed by atoms with Crippen molar-refractivity contribution in [1.82, 2.24) is 10.6 Å². The van der Waals surface area contributed by atoms with Crippen molar-refractivity contribution < 1.29 is 19.1 Å². The summed E-state index contributed by atoms with van der Waals surface area (Å²) in [5.41, 5.74) is 4.33. The number of amides is 2. The highest BCUT2D eigenvalue weighted by Gasteiger charge is 2.29. The number of benzene rings is 2. The topological polar surface area (TPSA) is 76.7 Å². The Labute approximate surface area is 190 Å². The van der Waals surface area contributed by atoms with Crippen LogP contribution in [-0.2, 0) is 9.47 Å². The zero-order chi connectivity index (χ0) is 23.1. The van der Waals surface area contributed by atoms with Gasteiger partial charge in [-0.25, -0.2) is 9.59 Å². The number of hydrogen-bond acceptors (Lipinski definition) is 4. The Kier molecular flexibility index (Phi) is 7.78. The minimum atomic E-state index is -0.495. The highest BCUT2D eigenvalue weighted by Crippen LogP contribution is 2.44. The molecule has 2 amide bonds. The first-order valence-corrected chi connectivity index (χ1v) is 11.3. The molecule has 0 aromatic heterocycles. The van der Waals surface area contributed by atoms with E-state index >= 15 is 0 Å². The van der Waals surface area contributed by atoms with Gasteiger partial charge in [-0.15, -0.1) is 0 Å². The molecule has 0 fully saturated rings. The van der Waals surface area contributed by atoms with Crippen LogP contribution in [0.3, 0.4) is 0 Å². The fraction of sp³-hybridized carbons (Fsp3) is 0.462. The largest absolute Gasteiger partial charge is 0.449 e. The Morgan fingerprint density at radius 3 is 2.12 bits per heavy atom. The number of rotatable bonds is 8. The summed E-state index contributed by atoms with van der Waals surface area (Å²) in [6.45, 7) is 8.33. The van der Waals surface area contributed by atoms with E-state index < -0.39 is 17.8 Å². The number of carbonyl (C=O) groups excluding carboxylic acids is 2. The lowest BCUT2D eigenvalue weighted by molar-refractivity contribution is 0.0527. The molecular weight excluding hydrogens is 404 g/mol. The molecule has 0 aliphatic heterocycles. The summed E-state index contributed by atoms with van der Waals surface area (Å²) >= 11 is 0. The monoisotopic (exact) mass is 438 g/mol. The van der Waals surface area contributed by atoms with Crippen molar-refractivity contribution in [3.63, 3.8) is 0 Å². The normalized spacial score (nSPS) is 13.6. The van der Waals surface area contributed by atoms with E-state index in [0.717, 1.165) is 19.3 Å². The molecule has 2 aromatic rings. The molecule has 0 saturated heterocycles. The average Bonchev–Trinajstić information content (AvgIpc) is 3.04. The van der Waals surface area contributed by atoms with Gasteiger partial charge in [0.2, 0.25) is 0 Å². The molecule has 1 atom stereocenters. The van der Waals surface area contributed by atoms with Gasteiger partial charge in [0.05, 0.1) is 0 Å². The van der Waals surface area contributed by atoms with Gasteiger partial charge in [-0.05, 0) is 69.2 Å². The Bertz CT molecular complexity index is 890. The maximum absolute atomic E-state index is 12.3. The molecular formula is C26H34N2O4. The van der Waals surface area contributed by atoms with E-state index in [0.29, 0.717) is 13.2 Å². The number of fused-ring (bicyclic) bond motifs is 3. The predicted octanol–water partition coefficient (Wildman–Crippen LogP) is 5.61. The fourth-order valence-electron chi connectivity index (χ4n) is 3.99. The number of nitrogens with one attached hydrogen (secondary N) is 2. The van der Waals surface area contributed by atoms with Crippen molar-refractivity contribution >= 4 is 12.2 Å². The molecule has 6 heteroatoms. The summed E-state index contributed by atoms with van der Waals surface area (Å²) in [7, 11) is 0. The molecule has 0 radical (unpaired) electrons. The van der Waals surface area contributed by atoms with E-state index in [2.05, 4.69) is 34.9 Å². The minimum Gasteiger partial charge on any atom is -0.449 e. The summed E-state index contributed by atoms with van der Waals surface area (Å²) in [5.74, 6) is 0.0578. The number of alkyl carbamates (subject to hydrolysis) is 2. The minimum absolute atomic E-state index is 0.00724. The van der Waals surface area contributed by atoms with E-state index in [-0.39, 0.29) is 12.0 Å². The van der Waals surface area contributed by atoms with Gasteiger partial charge in [0.1, 0.15) is 12.2 Å². The van der Waals surface area contributed by atoms with Crippen molar-refractivity contribution in [2.75, 3.05) is 13.2 Å². The molecule has 0 heterocycles. The zero-order valence-corrected chi connectivity index (χ0v) is 19.4. The second kappa shape index (κ2) is 10.5. The Hall–Kier alpha value is -3.02. The number of hydrogen-bond donors (Lipinski definition) is 2. The fourth-order valence-corrected chi connectivity index (χ4v) is 3.99. The molecule has 2 aromatic carbocycles. The number of carbonyl (C=O) groups is 2. The van der Waals surface area contributed by atoms with Crippen LogP contribution in [0, 0.1) is 0 Å². The summed E-state index contributed by atoms with van der Waals surface area (Å²) in [6.07, 6.45) is 1.70. The molecule has 32 heavy (non-hydrogen) atoms. The van der Waals surface area contributed by atoms with Crippen LogP contribution in [0.5, 0.6) is 0 Å². The first-order valence-electron chi connectivity index (χ1n) is 11.3. The third kappa shape index (κ3) is 6.49. The maximum atomic E-state index is 12.3. The summed E-state index contributed by atoms with van der Waals surface area (Å²) < 4.78 is 10.8. The smallest absolute Gasteiger partial charge is 0.407 e. The van der Waals surface area contributed by atoms with Crippen LogP contribution in [0.1, 0.15) is 64.0 Å². The van der Waals surface area contributed by atoms with E-state index in [9.17, 15) is 9.59 Å². The molecule has 172 valence electrons. The van der Waals surface area contributed by atoms with Gasteiger partial charge < -0.3 is 20.1 Å². The lowest BCUT2D eigenvalue weighted by atomic mass is 9.98. The van der Waals surface area contributed by atoms with E-state index in [1.54, 1.807) is 0 Å². The van der Waals surface area contributed by atoms with E-state index in [1.807, 2.05) is 52.0 Å². The first-order chi connectivity index (χ1) is 15.2. The Morgan fingerprint density at radius 1 is 0.938 bits per heavy atom. The first kappa shape index (κ1) is 23.6. The lowest BCUT2D eigenvalue weighted by Gasteiger charge is -2.19. The van der Waals surface area contributed by atoms with Crippen molar-refractivity contribution in [1.29, 1.82) is 0 Å². The van der Waals surface area contributed by atoms with Crippen molar-refractivity contribution in [2.24, 2.45) is 0 Å². The molecule has 2 N–H and O–H groups in total. The standard InChI is InChI=1S/C26H34N2O4/c1-18(11-9-10-16-27-24(29)32-26(2,3)4)28-25(30)31-17-23-21-14-7-5-12-19(21)20-13-6-8-15-22(20)23/h5-8,12-15,18,23H,9-11,16-17H2,1-4H3,(H,27,29)(H,28,30). The lowest BCUT2D eigenvalue weighted by Crippen LogP contribution is -2.34. The second-order valence-corrected chi connectivity index (χ2v) is 9.30. The van der Waals surface area contributed by atoms with Crippen LogP contribution < -0.4 is 10.6 Å². The Morgan fingerprint density at radius 2 is 1.53 bits per heavy atom. The van der Waals surface area contributed by atoms with Crippen LogP contribution >= 0.6 is 0 Å². The maximum Gasteiger partial charge on any atom is 0.407 e. The molecule has 1 aliphatic carbocycles. The molecule has 3 rings (SSSR count). The van der Waals surface area contributed by atoms with E-state index in [4.69, 9.17) is 9.47 Å². The van der Waals surface area contributed by atoms with Gasteiger partial charge in [0.15, 0.2) is 0 Å². The highest BCUT2D eigenvalue weighted by molar-refractivity contribution is 5.79. The van der Waals surface area contributed by atoms with Crippen LogP contribution in [0.2, 0.25) is 0 Å². The van der Waals surface area contributed by atoms with Gasteiger partial charge in [0, 0.05) is 18.5 Å². The van der Waals surface area contributed by atoms with Crippen LogP contribution in [0.25, 0.3) is 11.1 Å². The van der Waals surface area contributed by atoms with Crippen LogP contribution in [0.15, 0.2) is 48.5 Å². The molecule has 0 spiro atoms. The van der Waals surface area contributed by atoms with Gasteiger partial charge >= 0.3 is 12.2 Å². The Balaban J connectivity index is 1.38. The number of unbranched alkanes of at least 4 members (excludes halogenated alkanes) is 1. The van der Waals surface area contributed by atoms with Crippen molar-refractivity contribution in [3.05, 3.63) is 59.7 Å². The molecule has 0 bridgehead atoms. The third-order valence-electron chi connectivity index (χ3n) is 5.44. The summed E-state index contributed by atoms with van der Waals surface area (Å²) in [4.78, 5) is 24.0. The van der Waals surface area contributed by atoms with E-state index in [1.165, 1.54) is 22.3 Å². The van der Waals surface area contributed by atoms with Crippen LogP contribution in [-0.4, -0.2) is 37.0 Å². The van der Waals surface area contributed by atoms with Gasteiger partial charge in [-0.3, -0.25) is 0 Å². The summed E-state index contributed by atoms with van der Waals surface area (Å²) in [6, 6.07) is 16.6. The molecule has 6 nitrogen and oxygen atoms in total. The third-order valence-corrected chi connectivity index (χ3v) is 5.44. The predicted molar refractivity (Wildman–Crippen MR) is 126 cm³/mol. The SMILES string of the molecule is CC(CCCCNC(=O)OC(C)(C)C)NC(=O)OCC1c2ccccc2-c2ccccc21. The van der Waals surface area contributed by atoms with Crippen molar-refractivity contribution in [3.8, 4) is 11.1 Å². The number of ether oxygens (including phenoxy) is 2.